The first-order valence-corrected chi connectivity index (χ1v) is 7.92. The number of rotatable bonds is 4. The number of piperazine rings is 1. The molecule has 3 rings (SSSR count). The predicted molar refractivity (Wildman–Crippen MR) is 84.8 cm³/mol. The van der Waals surface area contributed by atoms with Crippen LogP contribution < -0.4 is 9.64 Å². The van der Waals surface area contributed by atoms with E-state index in [9.17, 15) is 0 Å². The smallest absolute Gasteiger partial charge is 0.119 e. The van der Waals surface area contributed by atoms with Crippen LogP contribution in [0.1, 0.15) is 5.56 Å². The monoisotopic (exact) mass is 288 g/mol. The standard InChI is InChI=1S/C16H20N2OS/c1-19-16-4-2-15(3-5-16)18-9-7-17(8-10-18)12-14-6-11-20-13-14/h2-6,11,13H,7-10,12H2,1H3. The van der Waals surface area contributed by atoms with Crippen molar-refractivity contribution in [2.45, 2.75) is 6.54 Å². The van der Waals surface area contributed by atoms with Gasteiger partial charge in [-0.25, -0.2) is 0 Å². The number of anilines is 1. The maximum absolute atomic E-state index is 5.21. The molecule has 0 saturated carbocycles. The molecule has 0 atom stereocenters. The molecule has 0 bridgehead atoms. The van der Waals surface area contributed by atoms with E-state index >= 15 is 0 Å². The molecule has 2 heterocycles. The largest absolute Gasteiger partial charge is 0.497 e. The number of ether oxygens (including phenoxy) is 1. The van der Waals surface area contributed by atoms with E-state index in [-0.39, 0.29) is 0 Å². The Morgan fingerprint density at radius 3 is 2.40 bits per heavy atom. The molecule has 0 aliphatic carbocycles. The first-order valence-electron chi connectivity index (χ1n) is 6.97. The van der Waals surface area contributed by atoms with Crippen LogP contribution in [0.3, 0.4) is 0 Å². The number of hydrogen-bond donors (Lipinski definition) is 0. The molecule has 0 N–H and O–H groups in total. The van der Waals surface area contributed by atoms with Crippen LogP contribution in [-0.2, 0) is 6.54 Å². The Hall–Kier alpha value is -1.52. The van der Waals surface area contributed by atoms with Crippen LogP contribution in [0.15, 0.2) is 41.1 Å². The number of hydrogen-bond acceptors (Lipinski definition) is 4. The van der Waals surface area contributed by atoms with Crippen molar-refractivity contribution in [3.8, 4) is 5.75 Å². The molecular formula is C16H20N2OS. The van der Waals surface area contributed by atoms with Gasteiger partial charge in [0, 0.05) is 38.4 Å². The maximum Gasteiger partial charge on any atom is 0.119 e. The van der Waals surface area contributed by atoms with Gasteiger partial charge in [-0.3, -0.25) is 4.90 Å². The summed E-state index contributed by atoms with van der Waals surface area (Å²) in [4.78, 5) is 4.98. The van der Waals surface area contributed by atoms with E-state index in [2.05, 4.69) is 38.8 Å². The first kappa shape index (κ1) is 13.5. The highest BCUT2D eigenvalue weighted by atomic mass is 32.1. The molecule has 4 heteroatoms. The van der Waals surface area contributed by atoms with Gasteiger partial charge < -0.3 is 9.64 Å². The van der Waals surface area contributed by atoms with E-state index in [1.807, 2.05) is 12.1 Å². The zero-order valence-electron chi connectivity index (χ0n) is 11.8. The molecule has 1 aliphatic heterocycles. The number of nitrogens with zero attached hydrogens (tertiary/aromatic N) is 2. The lowest BCUT2D eigenvalue weighted by Crippen LogP contribution is -2.45. The third-order valence-corrected chi connectivity index (χ3v) is 4.53. The topological polar surface area (TPSA) is 15.7 Å². The maximum atomic E-state index is 5.21. The number of thiophene rings is 1. The van der Waals surface area contributed by atoms with Crippen molar-refractivity contribution in [2.24, 2.45) is 0 Å². The van der Waals surface area contributed by atoms with E-state index in [0.717, 1.165) is 38.5 Å². The molecule has 2 aromatic rings. The van der Waals surface area contributed by atoms with E-state index < -0.39 is 0 Å². The van der Waals surface area contributed by atoms with Gasteiger partial charge in [-0.15, -0.1) is 0 Å². The van der Waals surface area contributed by atoms with Crippen LogP contribution in [0.2, 0.25) is 0 Å². The van der Waals surface area contributed by atoms with Crippen LogP contribution in [-0.4, -0.2) is 38.2 Å². The lowest BCUT2D eigenvalue weighted by atomic mass is 10.2. The van der Waals surface area contributed by atoms with Crippen molar-refractivity contribution >= 4 is 17.0 Å². The minimum absolute atomic E-state index is 0.921. The van der Waals surface area contributed by atoms with Gasteiger partial charge in [-0.2, -0.15) is 11.3 Å². The van der Waals surface area contributed by atoms with Crippen molar-refractivity contribution in [3.63, 3.8) is 0 Å². The molecule has 1 aliphatic rings. The number of methoxy groups -OCH3 is 1. The first-order chi connectivity index (χ1) is 9.85. The molecule has 1 saturated heterocycles. The predicted octanol–water partition coefficient (Wildman–Crippen LogP) is 3.08. The average Bonchev–Trinajstić information content (AvgIpc) is 3.01. The zero-order valence-corrected chi connectivity index (χ0v) is 12.6. The molecule has 0 radical (unpaired) electrons. The van der Waals surface area contributed by atoms with E-state index in [0.29, 0.717) is 0 Å². The van der Waals surface area contributed by atoms with E-state index in [4.69, 9.17) is 4.74 Å². The summed E-state index contributed by atoms with van der Waals surface area (Å²) in [6.07, 6.45) is 0. The molecule has 1 aromatic heterocycles. The van der Waals surface area contributed by atoms with Gasteiger partial charge in [-0.05, 0) is 46.7 Å². The van der Waals surface area contributed by atoms with Gasteiger partial charge in [0.2, 0.25) is 0 Å². The summed E-state index contributed by atoms with van der Waals surface area (Å²) in [6, 6.07) is 10.6. The Morgan fingerprint density at radius 2 is 1.80 bits per heavy atom. The second-order valence-electron chi connectivity index (χ2n) is 5.09. The summed E-state index contributed by atoms with van der Waals surface area (Å²) in [6.45, 7) is 5.52. The summed E-state index contributed by atoms with van der Waals surface area (Å²) in [5.41, 5.74) is 2.73. The number of benzene rings is 1. The van der Waals surface area contributed by atoms with Gasteiger partial charge in [0.15, 0.2) is 0 Å². The summed E-state index contributed by atoms with van der Waals surface area (Å²) in [5, 5.41) is 4.40. The highest BCUT2D eigenvalue weighted by molar-refractivity contribution is 7.07. The Balaban J connectivity index is 1.55. The van der Waals surface area contributed by atoms with Crippen LogP contribution in [0, 0.1) is 0 Å². The summed E-state index contributed by atoms with van der Waals surface area (Å²) < 4.78 is 5.21. The fourth-order valence-corrected chi connectivity index (χ4v) is 3.26. The highest BCUT2D eigenvalue weighted by Gasteiger charge is 2.17. The molecule has 3 nitrogen and oxygen atoms in total. The van der Waals surface area contributed by atoms with Gasteiger partial charge >= 0.3 is 0 Å². The lowest BCUT2D eigenvalue weighted by molar-refractivity contribution is 0.250. The van der Waals surface area contributed by atoms with Crippen molar-refractivity contribution in [1.29, 1.82) is 0 Å². The normalized spacial score (nSPS) is 16.4. The molecule has 106 valence electrons. The van der Waals surface area contributed by atoms with Crippen LogP contribution in [0.25, 0.3) is 0 Å². The van der Waals surface area contributed by atoms with Crippen molar-refractivity contribution in [2.75, 3.05) is 38.2 Å². The van der Waals surface area contributed by atoms with Crippen molar-refractivity contribution in [1.82, 2.24) is 4.90 Å². The van der Waals surface area contributed by atoms with Crippen molar-refractivity contribution < 1.29 is 4.74 Å². The highest BCUT2D eigenvalue weighted by Crippen LogP contribution is 2.21. The van der Waals surface area contributed by atoms with Gasteiger partial charge in [0.1, 0.15) is 5.75 Å². The Bertz CT molecular complexity index is 516. The van der Waals surface area contributed by atoms with Gasteiger partial charge in [0.25, 0.3) is 0 Å². The van der Waals surface area contributed by atoms with Crippen molar-refractivity contribution in [3.05, 3.63) is 46.7 Å². The van der Waals surface area contributed by atoms with Crippen LogP contribution in [0.4, 0.5) is 5.69 Å². The minimum Gasteiger partial charge on any atom is -0.497 e. The second-order valence-corrected chi connectivity index (χ2v) is 5.87. The lowest BCUT2D eigenvalue weighted by Gasteiger charge is -2.36. The fraction of sp³-hybridized carbons (Fsp3) is 0.375. The van der Waals surface area contributed by atoms with Crippen LogP contribution >= 0.6 is 11.3 Å². The minimum atomic E-state index is 0.921. The Kier molecular flexibility index (Phi) is 4.23. The molecule has 20 heavy (non-hydrogen) atoms. The van der Waals surface area contributed by atoms with Gasteiger partial charge in [0.05, 0.1) is 7.11 Å². The summed E-state index contributed by atoms with van der Waals surface area (Å²) in [7, 11) is 1.71. The third kappa shape index (κ3) is 3.14. The second kappa shape index (κ2) is 6.29. The molecular weight excluding hydrogens is 268 g/mol. The molecule has 0 spiro atoms. The fourth-order valence-electron chi connectivity index (χ4n) is 2.60. The Morgan fingerprint density at radius 1 is 1.05 bits per heavy atom. The summed E-state index contributed by atoms with van der Waals surface area (Å²) >= 11 is 1.78. The average molecular weight is 288 g/mol. The third-order valence-electron chi connectivity index (χ3n) is 3.80. The Labute approximate surface area is 124 Å². The molecule has 1 fully saturated rings. The van der Waals surface area contributed by atoms with Gasteiger partial charge in [-0.1, -0.05) is 0 Å². The molecule has 0 amide bonds. The SMILES string of the molecule is COc1ccc(N2CCN(Cc3ccsc3)CC2)cc1. The van der Waals surface area contributed by atoms with E-state index in [1.165, 1.54) is 11.3 Å². The van der Waals surface area contributed by atoms with E-state index in [1.54, 1.807) is 18.4 Å². The molecule has 1 aromatic carbocycles. The van der Waals surface area contributed by atoms with Crippen LogP contribution in [0.5, 0.6) is 5.75 Å². The molecule has 0 unspecified atom stereocenters. The summed E-state index contributed by atoms with van der Waals surface area (Å²) in [5.74, 6) is 0.921. The quantitative estimate of drug-likeness (QED) is 0.860. The zero-order chi connectivity index (χ0) is 13.8.